The molecule has 1 aromatic rings. The van der Waals surface area contributed by atoms with Crippen LogP contribution in [0.2, 0.25) is 0 Å². The van der Waals surface area contributed by atoms with Gasteiger partial charge >= 0.3 is 6.61 Å². The molecule has 0 bridgehead atoms. The zero-order valence-electron chi connectivity index (χ0n) is 13.0. The highest BCUT2D eigenvalue weighted by molar-refractivity contribution is 5.30. The van der Waals surface area contributed by atoms with Crippen LogP contribution in [0.4, 0.5) is 8.78 Å². The van der Waals surface area contributed by atoms with Crippen LogP contribution in [0.5, 0.6) is 5.75 Å². The Labute approximate surface area is 135 Å². The molecule has 1 aliphatic heterocycles. The van der Waals surface area contributed by atoms with Gasteiger partial charge in [0.1, 0.15) is 5.75 Å². The number of aliphatic hydroxyl groups is 1. The molecule has 0 radical (unpaired) electrons. The molecule has 3 atom stereocenters. The normalized spacial score (nSPS) is 29.7. The predicted octanol–water partition coefficient (Wildman–Crippen LogP) is 2.96. The van der Waals surface area contributed by atoms with Crippen LogP contribution in [0.25, 0.3) is 0 Å². The molecule has 3 unspecified atom stereocenters. The number of aliphatic hydroxyl groups excluding tert-OH is 1. The summed E-state index contributed by atoms with van der Waals surface area (Å²) in [4.78, 5) is 2.28. The third kappa shape index (κ3) is 4.19. The second-order valence-corrected chi connectivity index (χ2v) is 6.22. The van der Waals surface area contributed by atoms with E-state index in [1.807, 2.05) is 6.07 Å². The molecule has 23 heavy (non-hydrogen) atoms. The summed E-state index contributed by atoms with van der Waals surface area (Å²) in [5.74, 6) is 0.149. The Bertz CT molecular complexity index is 514. The van der Waals surface area contributed by atoms with Gasteiger partial charge in [-0.1, -0.05) is 25.0 Å². The minimum absolute atomic E-state index is 0.149. The Morgan fingerprint density at radius 2 is 2.09 bits per heavy atom. The van der Waals surface area contributed by atoms with E-state index in [4.69, 9.17) is 4.74 Å². The molecule has 1 saturated heterocycles. The lowest BCUT2D eigenvalue weighted by Gasteiger charge is -2.42. The summed E-state index contributed by atoms with van der Waals surface area (Å²) >= 11 is 0. The largest absolute Gasteiger partial charge is 0.435 e. The molecule has 2 aliphatic rings. The van der Waals surface area contributed by atoms with Gasteiger partial charge in [-0.15, -0.1) is 0 Å². The first-order valence-electron chi connectivity index (χ1n) is 8.22. The quantitative estimate of drug-likeness (QED) is 0.923. The van der Waals surface area contributed by atoms with Crippen LogP contribution < -0.4 is 4.74 Å². The summed E-state index contributed by atoms with van der Waals surface area (Å²) in [6.07, 6.45) is 3.61. The van der Waals surface area contributed by atoms with Crippen LogP contribution in [0.15, 0.2) is 24.3 Å². The van der Waals surface area contributed by atoms with Crippen molar-refractivity contribution in [1.82, 2.24) is 4.90 Å². The Hall–Kier alpha value is -1.24. The standard InChI is InChI=1S/C17H23F2NO3/c18-17(19)23-13-5-3-4-12(10-13)16-11-20(8-9-22-16)14-6-1-2-7-15(14)21/h3-5,10,14-17,21H,1-2,6-9,11H2. The summed E-state index contributed by atoms with van der Waals surface area (Å²) in [7, 11) is 0. The van der Waals surface area contributed by atoms with Gasteiger partial charge < -0.3 is 14.6 Å². The Morgan fingerprint density at radius 1 is 1.26 bits per heavy atom. The molecule has 128 valence electrons. The summed E-state index contributed by atoms with van der Waals surface area (Å²) in [5, 5.41) is 10.2. The van der Waals surface area contributed by atoms with Gasteiger partial charge in [-0.05, 0) is 30.5 Å². The van der Waals surface area contributed by atoms with Gasteiger partial charge in [0.05, 0.1) is 18.8 Å². The Balaban J connectivity index is 1.68. The Morgan fingerprint density at radius 3 is 2.87 bits per heavy atom. The summed E-state index contributed by atoms with van der Waals surface area (Å²) < 4.78 is 35.0. The molecule has 0 aromatic heterocycles. The number of hydrogen-bond acceptors (Lipinski definition) is 4. The van der Waals surface area contributed by atoms with Gasteiger partial charge in [-0.2, -0.15) is 8.78 Å². The first-order valence-corrected chi connectivity index (χ1v) is 8.22. The van der Waals surface area contributed by atoms with E-state index < -0.39 is 6.61 Å². The highest BCUT2D eigenvalue weighted by atomic mass is 19.3. The first-order chi connectivity index (χ1) is 11.1. The van der Waals surface area contributed by atoms with Crippen LogP contribution in [0, 0.1) is 0 Å². The third-order valence-electron chi connectivity index (χ3n) is 4.72. The molecular weight excluding hydrogens is 304 g/mol. The fraction of sp³-hybridized carbons (Fsp3) is 0.647. The molecule has 6 heteroatoms. The van der Waals surface area contributed by atoms with Crippen LogP contribution in [0.3, 0.4) is 0 Å². The van der Waals surface area contributed by atoms with Gasteiger partial charge in [-0.25, -0.2) is 0 Å². The summed E-state index contributed by atoms with van der Waals surface area (Å²) in [6, 6.07) is 6.86. The fourth-order valence-corrected chi connectivity index (χ4v) is 3.58. The van der Waals surface area contributed by atoms with Gasteiger partial charge in [-0.3, -0.25) is 4.90 Å². The van der Waals surface area contributed by atoms with Crippen molar-refractivity contribution >= 4 is 0 Å². The number of benzene rings is 1. The molecule has 0 amide bonds. The van der Waals surface area contributed by atoms with Crippen molar-refractivity contribution in [2.45, 2.75) is 50.5 Å². The minimum Gasteiger partial charge on any atom is -0.435 e. The lowest BCUT2D eigenvalue weighted by atomic mass is 9.90. The average Bonchev–Trinajstić information content (AvgIpc) is 2.55. The van der Waals surface area contributed by atoms with Crippen LogP contribution in [-0.2, 0) is 4.74 Å². The molecule has 3 rings (SSSR count). The predicted molar refractivity (Wildman–Crippen MR) is 81.6 cm³/mol. The van der Waals surface area contributed by atoms with Crippen molar-refractivity contribution < 1.29 is 23.4 Å². The maximum Gasteiger partial charge on any atom is 0.387 e. The van der Waals surface area contributed by atoms with E-state index in [0.29, 0.717) is 13.2 Å². The molecule has 2 fully saturated rings. The number of morpholine rings is 1. The lowest BCUT2D eigenvalue weighted by molar-refractivity contribution is -0.0753. The SMILES string of the molecule is OC1CCCCC1N1CCOC(c2cccc(OC(F)F)c2)C1. The zero-order chi connectivity index (χ0) is 16.2. The maximum atomic E-state index is 12.4. The molecule has 1 heterocycles. The Kier molecular flexibility index (Phi) is 5.46. The molecule has 1 saturated carbocycles. The van der Waals surface area contributed by atoms with Crippen molar-refractivity contribution in [2.24, 2.45) is 0 Å². The number of hydrogen-bond donors (Lipinski definition) is 1. The molecular formula is C17H23F2NO3. The van der Waals surface area contributed by atoms with Crippen LogP contribution in [-0.4, -0.2) is 48.5 Å². The zero-order valence-corrected chi connectivity index (χ0v) is 13.0. The minimum atomic E-state index is -2.83. The molecule has 0 spiro atoms. The van der Waals surface area contributed by atoms with E-state index in [-0.39, 0.29) is 24.0 Å². The molecule has 1 aromatic carbocycles. The summed E-state index contributed by atoms with van der Waals surface area (Å²) in [6.45, 7) is -0.787. The van der Waals surface area contributed by atoms with Crippen molar-refractivity contribution in [3.63, 3.8) is 0 Å². The van der Waals surface area contributed by atoms with Crippen molar-refractivity contribution in [2.75, 3.05) is 19.7 Å². The summed E-state index contributed by atoms with van der Waals surface area (Å²) in [5.41, 5.74) is 0.832. The van der Waals surface area contributed by atoms with E-state index in [9.17, 15) is 13.9 Å². The molecule has 1 N–H and O–H groups in total. The monoisotopic (exact) mass is 327 g/mol. The number of rotatable bonds is 4. The maximum absolute atomic E-state index is 12.4. The topological polar surface area (TPSA) is 41.9 Å². The number of alkyl halides is 2. The number of nitrogens with zero attached hydrogens (tertiary/aromatic N) is 1. The highest BCUT2D eigenvalue weighted by Gasteiger charge is 2.33. The third-order valence-corrected chi connectivity index (χ3v) is 4.72. The van der Waals surface area contributed by atoms with E-state index in [1.165, 1.54) is 6.07 Å². The van der Waals surface area contributed by atoms with Crippen molar-refractivity contribution in [1.29, 1.82) is 0 Å². The van der Waals surface area contributed by atoms with E-state index >= 15 is 0 Å². The number of halogens is 2. The first kappa shape index (κ1) is 16.6. The second-order valence-electron chi connectivity index (χ2n) is 6.22. The molecule has 1 aliphatic carbocycles. The highest BCUT2D eigenvalue weighted by Crippen LogP contribution is 2.30. The van der Waals surface area contributed by atoms with E-state index in [1.54, 1.807) is 12.1 Å². The van der Waals surface area contributed by atoms with E-state index in [0.717, 1.165) is 37.8 Å². The van der Waals surface area contributed by atoms with Gasteiger partial charge in [0.2, 0.25) is 0 Å². The lowest BCUT2D eigenvalue weighted by Crippen LogP contribution is -2.50. The van der Waals surface area contributed by atoms with E-state index in [2.05, 4.69) is 9.64 Å². The van der Waals surface area contributed by atoms with Gasteiger partial charge in [0, 0.05) is 19.1 Å². The second kappa shape index (κ2) is 7.55. The van der Waals surface area contributed by atoms with Crippen LogP contribution in [0.1, 0.15) is 37.4 Å². The van der Waals surface area contributed by atoms with Gasteiger partial charge in [0.25, 0.3) is 0 Å². The molecule has 4 nitrogen and oxygen atoms in total. The number of ether oxygens (including phenoxy) is 2. The smallest absolute Gasteiger partial charge is 0.387 e. The van der Waals surface area contributed by atoms with Crippen molar-refractivity contribution in [3.05, 3.63) is 29.8 Å². The average molecular weight is 327 g/mol. The van der Waals surface area contributed by atoms with Crippen molar-refractivity contribution in [3.8, 4) is 5.75 Å². The van der Waals surface area contributed by atoms with Gasteiger partial charge in [0.15, 0.2) is 0 Å². The fourth-order valence-electron chi connectivity index (χ4n) is 3.58. The van der Waals surface area contributed by atoms with Crippen LogP contribution >= 0.6 is 0 Å².